The van der Waals surface area contributed by atoms with Gasteiger partial charge in [0.05, 0.1) is 0 Å². The smallest absolute Gasteiger partial charge is 0.0277 e. The van der Waals surface area contributed by atoms with Crippen molar-refractivity contribution in [3.63, 3.8) is 0 Å². The van der Waals surface area contributed by atoms with E-state index in [0.29, 0.717) is 0 Å². The lowest BCUT2D eigenvalue weighted by molar-refractivity contribution is 1.43. The second kappa shape index (κ2) is 3.69. The van der Waals surface area contributed by atoms with Gasteiger partial charge in [0, 0.05) is 5.56 Å². The molecule has 0 bridgehead atoms. The molecule has 1 aromatic heterocycles. The normalized spacial score (nSPS) is 9.71. The highest BCUT2D eigenvalue weighted by atomic mass is 32.1. The van der Waals surface area contributed by atoms with Crippen molar-refractivity contribution in [2.45, 2.75) is 6.92 Å². The van der Waals surface area contributed by atoms with Crippen LogP contribution in [0.4, 0.5) is 0 Å². The highest BCUT2D eigenvalue weighted by molar-refractivity contribution is 7.08. The summed E-state index contributed by atoms with van der Waals surface area (Å²) in [6.45, 7) is 2.07. The second-order valence-electron chi connectivity index (χ2n) is 3.13. The molecule has 0 saturated heterocycles. The predicted octanol–water partition coefficient (Wildman–Crippen LogP) is 3.70. The Kier molecular flexibility index (Phi) is 2.39. The van der Waals surface area contributed by atoms with Crippen molar-refractivity contribution in [3.05, 3.63) is 46.2 Å². The molecule has 0 aliphatic rings. The van der Waals surface area contributed by atoms with Crippen molar-refractivity contribution in [2.24, 2.45) is 0 Å². The fourth-order valence-electron chi connectivity index (χ4n) is 1.52. The van der Waals surface area contributed by atoms with E-state index in [2.05, 4.69) is 35.7 Å². The third kappa shape index (κ3) is 1.45. The minimum absolute atomic E-state index is 0.980. The standard InChI is InChI=1S/C13H10S/c1-3-11-5-4-6-13(10(11)2)12-7-8-14-9-12/h1,4-9H,2H3. The summed E-state index contributed by atoms with van der Waals surface area (Å²) < 4.78 is 0. The zero-order chi connectivity index (χ0) is 9.97. The Hall–Kier alpha value is -1.52. The molecule has 0 unspecified atom stereocenters. The number of hydrogen-bond acceptors (Lipinski definition) is 1. The van der Waals surface area contributed by atoms with Gasteiger partial charge in [0.25, 0.3) is 0 Å². The Balaban J connectivity index is 2.61. The number of terminal acetylenes is 1. The maximum atomic E-state index is 5.43. The van der Waals surface area contributed by atoms with Crippen LogP contribution in [-0.2, 0) is 0 Å². The molecule has 0 aliphatic heterocycles. The van der Waals surface area contributed by atoms with Crippen LogP contribution in [0.2, 0.25) is 0 Å². The van der Waals surface area contributed by atoms with Crippen LogP contribution in [0.25, 0.3) is 11.1 Å². The van der Waals surface area contributed by atoms with Gasteiger partial charge in [-0.05, 0) is 46.5 Å². The molecule has 0 N–H and O–H groups in total. The molecule has 0 aliphatic carbocycles. The van der Waals surface area contributed by atoms with Gasteiger partial charge in [-0.1, -0.05) is 18.1 Å². The van der Waals surface area contributed by atoms with E-state index in [1.807, 2.05) is 12.1 Å². The van der Waals surface area contributed by atoms with E-state index in [4.69, 9.17) is 6.42 Å². The fraction of sp³-hybridized carbons (Fsp3) is 0.0769. The average molecular weight is 198 g/mol. The van der Waals surface area contributed by atoms with Crippen LogP contribution >= 0.6 is 11.3 Å². The Morgan fingerprint density at radius 1 is 1.29 bits per heavy atom. The van der Waals surface area contributed by atoms with E-state index in [0.717, 1.165) is 5.56 Å². The summed E-state index contributed by atoms with van der Waals surface area (Å²) in [4.78, 5) is 0. The first kappa shape index (κ1) is 9.05. The van der Waals surface area contributed by atoms with Crippen LogP contribution < -0.4 is 0 Å². The quantitative estimate of drug-likeness (QED) is 0.613. The number of benzene rings is 1. The van der Waals surface area contributed by atoms with E-state index in [9.17, 15) is 0 Å². The summed E-state index contributed by atoms with van der Waals surface area (Å²) >= 11 is 1.70. The number of thiophene rings is 1. The van der Waals surface area contributed by atoms with Crippen LogP contribution in [0.3, 0.4) is 0 Å². The van der Waals surface area contributed by atoms with Gasteiger partial charge in [-0.2, -0.15) is 11.3 Å². The molecule has 0 spiro atoms. The van der Waals surface area contributed by atoms with Crippen LogP contribution in [0.5, 0.6) is 0 Å². The molecule has 0 atom stereocenters. The van der Waals surface area contributed by atoms with Crippen molar-refractivity contribution >= 4 is 11.3 Å². The van der Waals surface area contributed by atoms with E-state index in [1.165, 1.54) is 16.7 Å². The van der Waals surface area contributed by atoms with Crippen molar-refractivity contribution in [1.29, 1.82) is 0 Å². The molecule has 0 saturated carbocycles. The highest BCUT2D eigenvalue weighted by Gasteiger charge is 2.04. The minimum Gasteiger partial charge on any atom is -0.152 e. The molecule has 1 heterocycles. The van der Waals surface area contributed by atoms with E-state index < -0.39 is 0 Å². The first-order chi connectivity index (χ1) is 6.83. The summed E-state index contributed by atoms with van der Waals surface area (Å²) in [5.41, 5.74) is 4.66. The lowest BCUT2D eigenvalue weighted by atomic mass is 9.99. The molecule has 1 aromatic carbocycles. The van der Waals surface area contributed by atoms with Crippen LogP contribution in [0, 0.1) is 19.3 Å². The lowest BCUT2D eigenvalue weighted by Gasteiger charge is -2.05. The van der Waals surface area contributed by atoms with E-state index in [-0.39, 0.29) is 0 Å². The molecule has 0 fully saturated rings. The molecule has 0 radical (unpaired) electrons. The van der Waals surface area contributed by atoms with Gasteiger partial charge in [-0.25, -0.2) is 0 Å². The Morgan fingerprint density at radius 2 is 2.14 bits per heavy atom. The van der Waals surface area contributed by atoms with Crippen LogP contribution in [0.15, 0.2) is 35.0 Å². The summed E-state index contributed by atoms with van der Waals surface area (Å²) in [6.07, 6.45) is 5.43. The Bertz CT molecular complexity index is 472. The van der Waals surface area contributed by atoms with Gasteiger partial charge in [-0.15, -0.1) is 6.42 Å². The van der Waals surface area contributed by atoms with Crippen molar-refractivity contribution in [2.75, 3.05) is 0 Å². The summed E-state index contributed by atoms with van der Waals surface area (Å²) in [5.74, 6) is 2.70. The minimum atomic E-state index is 0.980. The van der Waals surface area contributed by atoms with E-state index >= 15 is 0 Å². The molecular formula is C13H10S. The average Bonchev–Trinajstić information content (AvgIpc) is 2.71. The van der Waals surface area contributed by atoms with Gasteiger partial charge in [0.2, 0.25) is 0 Å². The third-order valence-corrected chi connectivity index (χ3v) is 3.00. The zero-order valence-corrected chi connectivity index (χ0v) is 8.77. The summed E-state index contributed by atoms with van der Waals surface area (Å²) in [7, 11) is 0. The van der Waals surface area contributed by atoms with Gasteiger partial charge in [-0.3, -0.25) is 0 Å². The van der Waals surface area contributed by atoms with Crippen LogP contribution in [-0.4, -0.2) is 0 Å². The molecule has 14 heavy (non-hydrogen) atoms. The van der Waals surface area contributed by atoms with Crippen LogP contribution in [0.1, 0.15) is 11.1 Å². The molecule has 2 rings (SSSR count). The van der Waals surface area contributed by atoms with Gasteiger partial charge in [0.1, 0.15) is 0 Å². The monoisotopic (exact) mass is 198 g/mol. The second-order valence-corrected chi connectivity index (χ2v) is 3.91. The third-order valence-electron chi connectivity index (χ3n) is 2.32. The molecular weight excluding hydrogens is 188 g/mol. The summed E-state index contributed by atoms with van der Waals surface area (Å²) in [6, 6.07) is 8.21. The molecule has 0 amide bonds. The van der Waals surface area contributed by atoms with Gasteiger partial charge >= 0.3 is 0 Å². The Labute approximate surface area is 88.2 Å². The van der Waals surface area contributed by atoms with Gasteiger partial charge < -0.3 is 0 Å². The maximum absolute atomic E-state index is 5.43. The predicted molar refractivity (Wildman–Crippen MR) is 62.4 cm³/mol. The highest BCUT2D eigenvalue weighted by Crippen LogP contribution is 2.26. The van der Waals surface area contributed by atoms with Crippen molar-refractivity contribution in [1.82, 2.24) is 0 Å². The number of hydrogen-bond donors (Lipinski definition) is 0. The largest absolute Gasteiger partial charge is 0.152 e. The first-order valence-electron chi connectivity index (χ1n) is 4.41. The van der Waals surface area contributed by atoms with Gasteiger partial charge in [0.15, 0.2) is 0 Å². The summed E-state index contributed by atoms with van der Waals surface area (Å²) in [5, 5.41) is 4.22. The zero-order valence-electron chi connectivity index (χ0n) is 7.95. The molecule has 2 aromatic rings. The fourth-order valence-corrected chi connectivity index (χ4v) is 2.18. The topological polar surface area (TPSA) is 0 Å². The van der Waals surface area contributed by atoms with Crippen molar-refractivity contribution in [3.8, 4) is 23.5 Å². The SMILES string of the molecule is C#Cc1cccc(-c2ccsc2)c1C. The number of rotatable bonds is 1. The molecule has 1 heteroatoms. The maximum Gasteiger partial charge on any atom is 0.0277 e. The lowest BCUT2D eigenvalue weighted by Crippen LogP contribution is -1.85. The first-order valence-corrected chi connectivity index (χ1v) is 5.36. The molecule has 68 valence electrons. The van der Waals surface area contributed by atoms with E-state index in [1.54, 1.807) is 11.3 Å². The van der Waals surface area contributed by atoms with Crippen molar-refractivity contribution < 1.29 is 0 Å². The molecule has 0 nitrogen and oxygen atoms in total. The Morgan fingerprint density at radius 3 is 2.79 bits per heavy atom.